The lowest BCUT2D eigenvalue weighted by atomic mass is 9.80. The Hall–Kier alpha value is -3.13. The Bertz CT molecular complexity index is 981. The number of carbonyl (C=O) groups excluding carboxylic acids is 1. The fourth-order valence-corrected chi connectivity index (χ4v) is 4.34. The zero-order valence-corrected chi connectivity index (χ0v) is 20.9. The summed E-state index contributed by atoms with van der Waals surface area (Å²) in [5.74, 6) is 2.86. The number of benzene rings is 3. The van der Waals surface area contributed by atoms with Crippen LogP contribution in [-0.2, 0) is 19.9 Å². The van der Waals surface area contributed by atoms with E-state index in [4.69, 9.17) is 9.47 Å². The molecule has 0 aliphatic rings. The molecule has 0 fully saturated rings. The normalized spacial score (nSPS) is 12.4. The van der Waals surface area contributed by atoms with Crippen molar-refractivity contribution in [1.82, 2.24) is 0 Å². The van der Waals surface area contributed by atoms with Gasteiger partial charge >= 0.3 is 5.97 Å². The SMILES string of the molecule is CC(=O)OC(C#C[Si](C)(C)C)CCOC(c1ccccc1)(c1ccccc1)c1ccccc1. The van der Waals surface area contributed by atoms with Crippen molar-refractivity contribution in [3.05, 3.63) is 108 Å². The van der Waals surface area contributed by atoms with E-state index in [-0.39, 0.29) is 5.97 Å². The maximum Gasteiger partial charge on any atom is 0.303 e. The van der Waals surface area contributed by atoms with Gasteiger partial charge in [0.2, 0.25) is 0 Å². The quantitative estimate of drug-likeness (QED) is 0.175. The summed E-state index contributed by atoms with van der Waals surface area (Å²) in [6.45, 7) is 8.31. The summed E-state index contributed by atoms with van der Waals surface area (Å²) in [5, 5.41) is 0. The molecule has 3 aromatic carbocycles. The number of esters is 1. The highest BCUT2D eigenvalue weighted by Gasteiger charge is 2.37. The van der Waals surface area contributed by atoms with Crippen LogP contribution in [0.5, 0.6) is 0 Å². The van der Waals surface area contributed by atoms with Crippen molar-refractivity contribution in [2.45, 2.75) is 44.7 Å². The number of carbonyl (C=O) groups is 1. The lowest BCUT2D eigenvalue weighted by Crippen LogP contribution is -2.34. The van der Waals surface area contributed by atoms with Crippen LogP contribution in [-0.4, -0.2) is 26.8 Å². The summed E-state index contributed by atoms with van der Waals surface area (Å²) in [7, 11) is -1.60. The molecular formula is C29H32O3Si. The lowest BCUT2D eigenvalue weighted by molar-refractivity contribution is -0.144. The largest absolute Gasteiger partial charge is 0.449 e. The van der Waals surface area contributed by atoms with Gasteiger partial charge in [0.1, 0.15) is 13.7 Å². The number of ether oxygens (including phenoxy) is 2. The minimum absolute atomic E-state index is 0.328. The van der Waals surface area contributed by atoms with Crippen LogP contribution >= 0.6 is 0 Å². The van der Waals surface area contributed by atoms with Gasteiger partial charge in [0.25, 0.3) is 0 Å². The Labute approximate surface area is 198 Å². The Morgan fingerprint density at radius 3 is 1.61 bits per heavy atom. The van der Waals surface area contributed by atoms with E-state index in [0.717, 1.165) is 16.7 Å². The topological polar surface area (TPSA) is 35.5 Å². The van der Waals surface area contributed by atoms with Gasteiger partial charge in [0, 0.05) is 13.3 Å². The maximum absolute atomic E-state index is 11.7. The van der Waals surface area contributed by atoms with Gasteiger partial charge in [0.15, 0.2) is 6.10 Å². The van der Waals surface area contributed by atoms with Crippen LogP contribution in [0, 0.1) is 11.5 Å². The van der Waals surface area contributed by atoms with Gasteiger partial charge < -0.3 is 9.47 Å². The molecule has 0 amide bonds. The average Bonchev–Trinajstić information content (AvgIpc) is 2.81. The summed E-state index contributed by atoms with van der Waals surface area (Å²) in [5.41, 5.74) is 5.66. The van der Waals surface area contributed by atoms with Crippen LogP contribution in [0.25, 0.3) is 0 Å². The molecule has 170 valence electrons. The van der Waals surface area contributed by atoms with Gasteiger partial charge in [-0.2, -0.15) is 0 Å². The van der Waals surface area contributed by atoms with Crippen LogP contribution < -0.4 is 0 Å². The molecule has 0 aromatic heterocycles. The van der Waals surface area contributed by atoms with E-state index in [9.17, 15) is 4.79 Å². The maximum atomic E-state index is 11.7. The Kier molecular flexibility index (Phi) is 8.27. The van der Waals surface area contributed by atoms with Crippen molar-refractivity contribution in [3.8, 4) is 11.5 Å². The monoisotopic (exact) mass is 456 g/mol. The van der Waals surface area contributed by atoms with Crippen LogP contribution in [0.1, 0.15) is 30.0 Å². The molecule has 0 aliphatic carbocycles. The fraction of sp³-hybridized carbons (Fsp3) is 0.276. The summed E-state index contributed by atoms with van der Waals surface area (Å²) in [6, 6.07) is 30.7. The smallest absolute Gasteiger partial charge is 0.303 e. The minimum Gasteiger partial charge on any atom is -0.449 e. The van der Waals surface area contributed by atoms with Crippen molar-refractivity contribution in [3.63, 3.8) is 0 Å². The Balaban J connectivity index is 2.00. The molecule has 3 rings (SSSR count). The molecule has 0 N–H and O–H groups in total. The lowest BCUT2D eigenvalue weighted by Gasteiger charge is -2.36. The van der Waals surface area contributed by atoms with E-state index in [0.29, 0.717) is 13.0 Å². The predicted molar refractivity (Wildman–Crippen MR) is 136 cm³/mol. The number of rotatable bonds is 8. The first-order valence-electron chi connectivity index (χ1n) is 11.3. The highest BCUT2D eigenvalue weighted by molar-refractivity contribution is 6.83. The highest BCUT2D eigenvalue weighted by Crippen LogP contribution is 2.40. The Morgan fingerprint density at radius 2 is 1.24 bits per heavy atom. The van der Waals surface area contributed by atoms with Crippen LogP contribution in [0.3, 0.4) is 0 Å². The van der Waals surface area contributed by atoms with Crippen LogP contribution in [0.2, 0.25) is 19.6 Å². The van der Waals surface area contributed by atoms with Crippen molar-refractivity contribution >= 4 is 14.0 Å². The minimum atomic E-state index is -1.60. The van der Waals surface area contributed by atoms with Crippen LogP contribution in [0.4, 0.5) is 0 Å². The second kappa shape index (κ2) is 11.1. The molecule has 0 aliphatic heterocycles. The first-order valence-corrected chi connectivity index (χ1v) is 14.8. The van der Waals surface area contributed by atoms with Gasteiger partial charge in [0.05, 0.1) is 6.61 Å². The van der Waals surface area contributed by atoms with Gasteiger partial charge in [-0.05, 0) is 16.7 Å². The molecule has 0 radical (unpaired) electrons. The predicted octanol–water partition coefficient (Wildman–Crippen LogP) is 6.20. The second-order valence-electron chi connectivity index (χ2n) is 9.03. The summed E-state index contributed by atoms with van der Waals surface area (Å²) < 4.78 is 12.3. The Morgan fingerprint density at radius 1 is 0.818 bits per heavy atom. The van der Waals surface area contributed by atoms with Gasteiger partial charge in [-0.1, -0.05) is 117 Å². The fourth-order valence-electron chi connectivity index (χ4n) is 3.75. The van der Waals surface area contributed by atoms with Crippen molar-refractivity contribution in [2.24, 2.45) is 0 Å². The first-order chi connectivity index (χ1) is 15.8. The zero-order valence-electron chi connectivity index (χ0n) is 19.9. The molecule has 3 aromatic rings. The molecule has 33 heavy (non-hydrogen) atoms. The molecule has 1 unspecified atom stereocenters. The first kappa shape index (κ1) is 24.5. The molecule has 0 heterocycles. The van der Waals surface area contributed by atoms with Crippen molar-refractivity contribution in [1.29, 1.82) is 0 Å². The van der Waals surface area contributed by atoms with Gasteiger partial charge in [-0.15, -0.1) is 5.54 Å². The number of hydrogen-bond donors (Lipinski definition) is 0. The molecule has 0 spiro atoms. The second-order valence-corrected chi connectivity index (χ2v) is 13.8. The molecule has 3 nitrogen and oxygen atoms in total. The molecule has 4 heteroatoms. The van der Waals surface area contributed by atoms with Gasteiger partial charge in [-0.25, -0.2) is 0 Å². The third-order valence-corrected chi connectivity index (χ3v) is 6.05. The van der Waals surface area contributed by atoms with Crippen molar-refractivity contribution < 1.29 is 14.3 Å². The van der Waals surface area contributed by atoms with E-state index in [1.165, 1.54) is 6.92 Å². The van der Waals surface area contributed by atoms with E-state index in [2.05, 4.69) is 67.5 Å². The average molecular weight is 457 g/mol. The molecule has 1 atom stereocenters. The number of hydrogen-bond acceptors (Lipinski definition) is 3. The van der Waals surface area contributed by atoms with Crippen LogP contribution in [0.15, 0.2) is 91.0 Å². The van der Waals surface area contributed by atoms with E-state index < -0.39 is 19.8 Å². The molecule has 0 saturated carbocycles. The van der Waals surface area contributed by atoms with Crippen molar-refractivity contribution in [2.75, 3.05) is 6.61 Å². The molecule has 0 bridgehead atoms. The summed E-state index contributed by atoms with van der Waals surface area (Å²) in [6.07, 6.45) is -0.0000601. The van der Waals surface area contributed by atoms with E-state index in [1.807, 2.05) is 54.6 Å². The molecular weight excluding hydrogens is 424 g/mol. The third-order valence-electron chi connectivity index (χ3n) is 5.16. The van der Waals surface area contributed by atoms with Gasteiger partial charge in [-0.3, -0.25) is 4.79 Å². The highest BCUT2D eigenvalue weighted by atomic mass is 28.3. The van der Waals surface area contributed by atoms with E-state index in [1.54, 1.807) is 0 Å². The van der Waals surface area contributed by atoms with E-state index >= 15 is 0 Å². The summed E-state index contributed by atoms with van der Waals surface area (Å²) in [4.78, 5) is 11.7. The third kappa shape index (κ3) is 6.68. The summed E-state index contributed by atoms with van der Waals surface area (Å²) >= 11 is 0. The molecule has 0 saturated heterocycles. The zero-order chi connectivity index (χ0) is 23.7. The standard InChI is InChI=1S/C29H32O3Si/c1-24(30)32-28(21-23-33(2,3)4)20-22-31-29(25-14-8-5-9-15-25,26-16-10-6-11-17-26)27-18-12-7-13-19-27/h5-19,28H,20,22H2,1-4H3.